The Balaban J connectivity index is 1.85. The number of benzene rings is 1. The molecule has 1 aromatic heterocycles. The van der Waals surface area contributed by atoms with E-state index >= 15 is 0 Å². The highest BCUT2D eigenvalue weighted by atomic mass is 32.1. The minimum absolute atomic E-state index is 0.165. The van der Waals surface area contributed by atoms with Gasteiger partial charge >= 0.3 is 11.9 Å². The highest BCUT2D eigenvalue weighted by Crippen LogP contribution is 2.33. The molecule has 7 heteroatoms. The van der Waals surface area contributed by atoms with Crippen molar-refractivity contribution in [3.63, 3.8) is 0 Å². The van der Waals surface area contributed by atoms with Crippen LogP contribution in [-0.2, 0) is 19.1 Å². The maximum atomic E-state index is 11.3. The number of rotatable bonds is 9. The van der Waals surface area contributed by atoms with E-state index in [1.165, 1.54) is 11.3 Å². The summed E-state index contributed by atoms with van der Waals surface area (Å²) in [5.41, 5.74) is 1.61. The van der Waals surface area contributed by atoms with Crippen molar-refractivity contribution in [2.75, 3.05) is 13.6 Å². The van der Waals surface area contributed by atoms with Gasteiger partial charge in [0.05, 0.1) is 0 Å². The van der Waals surface area contributed by atoms with Crippen LogP contribution in [0.15, 0.2) is 60.7 Å². The molecular formula is C20H20O6S. The van der Waals surface area contributed by atoms with Gasteiger partial charge in [0, 0.05) is 16.0 Å². The Hall–Kier alpha value is -3.06. The van der Waals surface area contributed by atoms with Gasteiger partial charge in [-0.3, -0.25) is 0 Å². The number of hydrogen-bond acceptors (Lipinski definition) is 7. The zero-order valence-corrected chi connectivity index (χ0v) is 16.0. The highest BCUT2D eigenvalue weighted by molar-refractivity contribution is 7.17. The van der Waals surface area contributed by atoms with Gasteiger partial charge in [-0.2, -0.15) is 0 Å². The molecule has 6 nitrogen and oxygen atoms in total. The van der Waals surface area contributed by atoms with Gasteiger partial charge in [0.2, 0.25) is 13.6 Å². The Morgan fingerprint density at radius 3 is 1.96 bits per heavy atom. The van der Waals surface area contributed by atoms with E-state index in [-0.39, 0.29) is 13.6 Å². The van der Waals surface area contributed by atoms with Crippen LogP contribution >= 0.6 is 11.3 Å². The van der Waals surface area contributed by atoms with E-state index in [9.17, 15) is 9.59 Å². The first kappa shape index (κ1) is 20.3. The average Bonchev–Trinajstić information content (AvgIpc) is 3.10. The molecular weight excluding hydrogens is 368 g/mol. The van der Waals surface area contributed by atoms with E-state index in [1.807, 2.05) is 18.2 Å². The zero-order valence-electron chi connectivity index (χ0n) is 15.2. The predicted molar refractivity (Wildman–Crippen MR) is 103 cm³/mol. The van der Waals surface area contributed by atoms with Gasteiger partial charge in [-0.05, 0) is 55.8 Å². The van der Waals surface area contributed by atoms with Crippen molar-refractivity contribution in [2.45, 2.75) is 13.8 Å². The maximum absolute atomic E-state index is 11.3. The molecule has 1 heterocycles. The van der Waals surface area contributed by atoms with E-state index < -0.39 is 11.9 Å². The summed E-state index contributed by atoms with van der Waals surface area (Å²) in [6.07, 6.45) is 0. The second-order valence-electron chi connectivity index (χ2n) is 5.59. The maximum Gasteiger partial charge on any atom is 0.335 e. The molecule has 0 unspecified atom stereocenters. The minimum Gasteiger partial charge on any atom is -0.457 e. The van der Waals surface area contributed by atoms with Gasteiger partial charge < -0.3 is 18.9 Å². The molecule has 27 heavy (non-hydrogen) atoms. The largest absolute Gasteiger partial charge is 0.457 e. The number of ether oxygens (including phenoxy) is 4. The minimum atomic E-state index is -0.494. The summed E-state index contributed by atoms with van der Waals surface area (Å²) in [5, 5.41) is 0.631. The van der Waals surface area contributed by atoms with Crippen LogP contribution in [0.25, 0.3) is 10.4 Å². The zero-order chi connectivity index (χ0) is 19.8. The molecule has 0 aliphatic carbocycles. The Morgan fingerprint density at radius 2 is 1.41 bits per heavy atom. The monoisotopic (exact) mass is 388 g/mol. The number of carbonyl (C=O) groups is 2. The summed E-state index contributed by atoms with van der Waals surface area (Å²) in [4.78, 5) is 23.6. The lowest BCUT2D eigenvalue weighted by Gasteiger charge is -2.07. The third kappa shape index (κ3) is 6.31. The van der Waals surface area contributed by atoms with Gasteiger partial charge in [-0.1, -0.05) is 24.5 Å². The molecule has 0 radical (unpaired) electrons. The van der Waals surface area contributed by atoms with Crippen molar-refractivity contribution in [3.05, 3.63) is 60.7 Å². The molecule has 0 saturated carbocycles. The van der Waals surface area contributed by atoms with Crippen LogP contribution in [0.2, 0.25) is 0 Å². The molecule has 2 rings (SSSR count). The first-order chi connectivity index (χ1) is 12.9. The molecule has 0 fully saturated rings. The van der Waals surface area contributed by atoms with Gasteiger partial charge in [-0.15, -0.1) is 0 Å². The smallest absolute Gasteiger partial charge is 0.335 e. The van der Waals surface area contributed by atoms with Crippen LogP contribution in [0.4, 0.5) is 0 Å². The van der Waals surface area contributed by atoms with Crippen molar-refractivity contribution in [1.82, 2.24) is 0 Å². The SMILES string of the molecule is C=C(C)C(=O)OCOc1ccc(-c2ccc(OCOC(=O)C(=C)C)s2)cc1. The van der Waals surface area contributed by atoms with Crippen LogP contribution in [0.1, 0.15) is 13.8 Å². The second-order valence-corrected chi connectivity index (χ2v) is 6.64. The molecule has 0 aliphatic heterocycles. The first-order valence-electron chi connectivity index (χ1n) is 7.98. The lowest BCUT2D eigenvalue weighted by atomic mass is 10.2. The quantitative estimate of drug-likeness (QED) is 0.362. The van der Waals surface area contributed by atoms with Crippen molar-refractivity contribution >= 4 is 23.3 Å². The number of carbonyl (C=O) groups excluding carboxylic acids is 2. The summed E-state index contributed by atoms with van der Waals surface area (Å²) in [6, 6.07) is 11.0. The first-order valence-corrected chi connectivity index (χ1v) is 8.79. The van der Waals surface area contributed by atoms with Gasteiger partial charge in [-0.25, -0.2) is 9.59 Å². The van der Waals surface area contributed by atoms with Gasteiger partial charge in [0.25, 0.3) is 0 Å². The third-order valence-electron chi connectivity index (χ3n) is 3.22. The lowest BCUT2D eigenvalue weighted by molar-refractivity contribution is -0.146. The molecule has 0 aliphatic rings. The normalized spacial score (nSPS) is 10.0. The van der Waals surface area contributed by atoms with E-state index in [1.54, 1.807) is 32.0 Å². The number of hydrogen-bond donors (Lipinski definition) is 0. The van der Waals surface area contributed by atoms with Gasteiger partial charge in [0.15, 0.2) is 5.06 Å². The Morgan fingerprint density at radius 1 is 0.852 bits per heavy atom. The Labute approximate surface area is 161 Å². The molecule has 0 atom stereocenters. The molecule has 0 spiro atoms. The van der Waals surface area contributed by atoms with Crippen molar-refractivity contribution in [3.8, 4) is 21.3 Å². The fraction of sp³-hybridized carbons (Fsp3) is 0.200. The van der Waals surface area contributed by atoms with E-state index in [2.05, 4.69) is 13.2 Å². The predicted octanol–water partition coefficient (Wildman–Crippen LogP) is 4.33. The molecule has 142 valence electrons. The summed E-state index contributed by atoms with van der Waals surface area (Å²) in [6.45, 7) is 9.80. The Kier molecular flexibility index (Phi) is 7.19. The van der Waals surface area contributed by atoms with Gasteiger partial charge in [0.1, 0.15) is 5.75 Å². The topological polar surface area (TPSA) is 71.1 Å². The third-order valence-corrected chi connectivity index (χ3v) is 4.27. The van der Waals surface area contributed by atoms with Crippen LogP contribution in [0, 0.1) is 0 Å². The number of esters is 2. The number of thiophene rings is 1. The average molecular weight is 388 g/mol. The lowest BCUT2D eigenvalue weighted by Crippen LogP contribution is -2.10. The van der Waals surface area contributed by atoms with Crippen molar-refractivity contribution < 1.29 is 28.5 Å². The van der Waals surface area contributed by atoms with Crippen molar-refractivity contribution in [2.24, 2.45) is 0 Å². The molecule has 0 bridgehead atoms. The standard InChI is InChI=1S/C20H20O6S/c1-13(2)19(21)25-11-23-16-7-5-15(6-8-16)17-9-10-18(27-17)24-12-26-20(22)14(3)4/h5-10H,1,3,11-12H2,2,4H3. The molecule has 0 amide bonds. The molecule has 0 saturated heterocycles. The highest BCUT2D eigenvalue weighted by Gasteiger charge is 2.07. The van der Waals surface area contributed by atoms with Crippen LogP contribution in [-0.4, -0.2) is 25.5 Å². The summed E-state index contributed by atoms with van der Waals surface area (Å²) < 4.78 is 20.5. The van der Waals surface area contributed by atoms with E-state index in [0.29, 0.717) is 22.0 Å². The van der Waals surface area contributed by atoms with Crippen LogP contribution in [0.3, 0.4) is 0 Å². The molecule has 1 aromatic carbocycles. The summed E-state index contributed by atoms with van der Waals surface area (Å²) in [7, 11) is 0. The molecule has 2 aromatic rings. The fourth-order valence-electron chi connectivity index (χ4n) is 1.81. The fourth-order valence-corrected chi connectivity index (χ4v) is 2.66. The van der Waals surface area contributed by atoms with E-state index in [0.717, 1.165) is 10.4 Å². The van der Waals surface area contributed by atoms with Crippen LogP contribution in [0.5, 0.6) is 10.8 Å². The van der Waals surface area contributed by atoms with Crippen LogP contribution < -0.4 is 9.47 Å². The second kappa shape index (κ2) is 9.59. The Bertz CT molecular complexity index is 834. The van der Waals surface area contributed by atoms with Crippen molar-refractivity contribution in [1.29, 1.82) is 0 Å². The molecule has 0 N–H and O–H groups in total. The van der Waals surface area contributed by atoms with E-state index in [4.69, 9.17) is 18.9 Å². The summed E-state index contributed by atoms with van der Waals surface area (Å²) >= 11 is 1.42. The summed E-state index contributed by atoms with van der Waals surface area (Å²) in [5.74, 6) is -0.407.